The van der Waals surface area contributed by atoms with Gasteiger partial charge in [-0.15, -0.1) is 0 Å². The summed E-state index contributed by atoms with van der Waals surface area (Å²) in [7, 11) is -3.33. The minimum absolute atomic E-state index is 0.0114. The van der Waals surface area contributed by atoms with Gasteiger partial charge in [0.25, 0.3) is 0 Å². The van der Waals surface area contributed by atoms with E-state index in [1.807, 2.05) is 18.2 Å². The Kier molecular flexibility index (Phi) is 6.76. The normalized spacial score (nSPS) is 17.1. The molecule has 8 heteroatoms. The Morgan fingerprint density at radius 1 is 1.17 bits per heavy atom. The molecule has 2 aromatic rings. The highest BCUT2D eigenvalue weighted by Gasteiger charge is 2.23. The Labute approximate surface area is 172 Å². The summed E-state index contributed by atoms with van der Waals surface area (Å²) in [6.45, 7) is 6.04. The van der Waals surface area contributed by atoms with Crippen LogP contribution in [0.1, 0.15) is 24.5 Å². The van der Waals surface area contributed by atoms with Crippen LogP contribution in [0.3, 0.4) is 0 Å². The van der Waals surface area contributed by atoms with Crippen molar-refractivity contribution in [1.29, 1.82) is 0 Å². The van der Waals surface area contributed by atoms with Crippen LogP contribution in [-0.2, 0) is 16.6 Å². The molecular weight excluding hydrogens is 388 g/mol. The molecule has 156 valence electrons. The molecular formula is C21H28N4O3S. The van der Waals surface area contributed by atoms with Crippen LogP contribution in [0.4, 0.5) is 16.2 Å². The lowest BCUT2D eigenvalue weighted by Gasteiger charge is -2.17. The van der Waals surface area contributed by atoms with E-state index in [4.69, 9.17) is 0 Å². The summed E-state index contributed by atoms with van der Waals surface area (Å²) in [4.78, 5) is 14.7. The Bertz CT molecular complexity index is 948. The van der Waals surface area contributed by atoms with E-state index in [-0.39, 0.29) is 17.8 Å². The fourth-order valence-corrected chi connectivity index (χ4v) is 4.09. The van der Waals surface area contributed by atoms with Crippen LogP contribution in [0, 0.1) is 6.92 Å². The quantitative estimate of drug-likeness (QED) is 0.647. The number of rotatable bonds is 7. The molecule has 0 radical (unpaired) electrons. The first kappa shape index (κ1) is 21.1. The van der Waals surface area contributed by atoms with Crippen LogP contribution in [-0.4, -0.2) is 44.2 Å². The van der Waals surface area contributed by atoms with E-state index in [0.717, 1.165) is 31.6 Å². The van der Waals surface area contributed by atoms with E-state index >= 15 is 0 Å². The molecule has 7 nitrogen and oxygen atoms in total. The highest BCUT2D eigenvalue weighted by Crippen LogP contribution is 2.21. The minimum atomic E-state index is -3.33. The summed E-state index contributed by atoms with van der Waals surface area (Å²) in [6.07, 6.45) is 0.914. The number of carbonyl (C=O) groups is 1. The van der Waals surface area contributed by atoms with Crippen molar-refractivity contribution in [1.82, 2.24) is 10.2 Å². The lowest BCUT2D eigenvalue weighted by Crippen LogP contribution is -2.39. The van der Waals surface area contributed by atoms with Crippen LogP contribution in [0.2, 0.25) is 0 Å². The van der Waals surface area contributed by atoms with Crippen LogP contribution in [0.15, 0.2) is 48.5 Å². The van der Waals surface area contributed by atoms with Crippen LogP contribution in [0.25, 0.3) is 0 Å². The maximum Gasteiger partial charge on any atom is 0.319 e. The standard InChI is InChI=1S/C21H28N4O3S/c1-3-29(27,28)24-20-10-9-18(13-16(20)2)22-21(26)23-19-11-12-25(15-19)14-17-7-5-4-6-8-17/h4-10,13,19,24H,3,11-12,14-15H2,1-2H3,(H2,22,23,26). The topological polar surface area (TPSA) is 90.5 Å². The Morgan fingerprint density at radius 2 is 1.93 bits per heavy atom. The van der Waals surface area contributed by atoms with Crippen molar-refractivity contribution in [3.8, 4) is 0 Å². The average Bonchev–Trinajstić information content (AvgIpc) is 3.11. The number of amides is 2. The van der Waals surface area contributed by atoms with E-state index in [1.54, 1.807) is 32.0 Å². The predicted molar refractivity (Wildman–Crippen MR) is 117 cm³/mol. The highest BCUT2D eigenvalue weighted by molar-refractivity contribution is 7.92. The van der Waals surface area contributed by atoms with Gasteiger partial charge in [-0.05, 0) is 49.6 Å². The fraction of sp³-hybridized carbons (Fsp3) is 0.381. The van der Waals surface area contributed by atoms with Gasteiger partial charge < -0.3 is 10.6 Å². The molecule has 1 aliphatic heterocycles. The monoisotopic (exact) mass is 416 g/mol. The van der Waals surface area contributed by atoms with Crippen molar-refractivity contribution in [2.24, 2.45) is 0 Å². The molecule has 0 saturated carbocycles. The maximum atomic E-state index is 12.4. The maximum absolute atomic E-state index is 12.4. The van der Waals surface area contributed by atoms with Crippen molar-refractivity contribution in [3.05, 3.63) is 59.7 Å². The lowest BCUT2D eigenvalue weighted by atomic mass is 10.2. The molecule has 0 aliphatic carbocycles. The number of benzene rings is 2. The third kappa shape index (κ3) is 6.20. The van der Waals surface area contributed by atoms with Crippen molar-refractivity contribution >= 4 is 27.4 Å². The molecule has 1 saturated heterocycles. The van der Waals surface area contributed by atoms with Gasteiger partial charge in [-0.1, -0.05) is 30.3 Å². The summed E-state index contributed by atoms with van der Waals surface area (Å²) in [5.41, 5.74) is 3.16. The number of anilines is 2. The summed E-state index contributed by atoms with van der Waals surface area (Å²) < 4.78 is 26.0. The molecule has 3 rings (SSSR count). The molecule has 0 bridgehead atoms. The Morgan fingerprint density at radius 3 is 2.62 bits per heavy atom. The van der Waals surface area contributed by atoms with Gasteiger partial charge in [0.15, 0.2) is 0 Å². The van der Waals surface area contributed by atoms with Crippen LogP contribution >= 0.6 is 0 Å². The zero-order chi connectivity index (χ0) is 20.9. The van der Waals surface area contributed by atoms with Crippen LogP contribution < -0.4 is 15.4 Å². The lowest BCUT2D eigenvalue weighted by molar-refractivity contribution is 0.247. The zero-order valence-corrected chi connectivity index (χ0v) is 17.6. The van der Waals surface area contributed by atoms with Gasteiger partial charge in [0.2, 0.25) is 10.0 Å². The van der Waals surface area contributed by atoms with Gasteiger partial charge in [0.05, 0.1) is 11.4 Å². The van der Waals surface area contributed by atoms with Gasteiger partial charge >= 0.3 is 6.03 Å². The molecule has 0 aromatic heterocycles. The van der Waals surface area contributed by atoms with Crippen molar-refractivity contribution in [3.63, 3.8) is 0 Å². The van der Waals surface area contributed by atoms with Crippen molar-refractivity contribution in [2.45, 2.75) is 32.9 Å². The number of nitrogens with one attached hydrogen (secondary N) is 3. The van der Waals surface area contributed by atoms with Crippen molar-refractivity contribution < 1.29 is 13.2 Å². The number of likely N-dealkylation sites (tertiary alicyclic amines) is 1. The number of nitrogens with zero attached hydrogens (tertiary/aromatic N) is 1. The summed E-state index contributed by atoms with van der Waals surface area (Å²) in [5.74, 6) is 0.0114. The number of hydrogen-bond acceptors (Lipinski definition) is 4. The first-order chi connectivity index (χ1) is 13.8. The molecule has 2 aromatic carbocycles. The van der Waals surface area contributed by atoms with E-state index in [0.29, 0.717) is 11.4 Å². The third-order valence-corrected chi connectivity index (χ3v) is 6.28. The summed E-state index contributed by atoms with van der Waals surface area (Å²) in [6, 6.07) is 15.3. The van der Waals surface area contributed by atoms with E-state index in [9.17, 15) is 13.2 Å². The highest BCUT2D eigenvalue weighted by atomic mass is 32.2. The number of aryl methyl sites for hydroxylation is 1. The van der Waals surface area contributed by atoms with Gasteiger partial charge in [0, 0.05) is 31.4 Å². The van der Waals surface area contributed by atoms with E-state index in [2.05, 4.69) is 32.4 Å². The molecule has 1 heterocycles. The molecule has 1 fully saturated rings. The van der Waals surface area contributed by atoms with E-state index in [1.165, 1.54) is 5.56 Å². The minimum Gasteiger partial charge on any atom is -0.334 e. The molecule has 1 unspecified atom stereocenters. The largest absolute Gasteiger partial charge is 0.334 e. The number of sulfonamides is 1. The number of carbonyl (C=O) groups excluding carboxylic acids is 1. The van der Waals surface area contributed by atoms with Gasteiger partial charge in [-0.3, -0.25) is 9.62 Å². The second kappa shape index (κ2) is 9.28. The number of hydrogen-bond donors (Lipinski definition) is 3. The second-order valence-corrected chi connectivity index (χ2v) is 9.35. The third-order valence-electron chi connectivity index (χ3n) is 4.99. The summed E-state index contributed by atoms with van der Waals surface area (Å²) in [5, 5.41) is 5.85. The molecule has 1 aliphatic rings. The van der Waals surface area contributed by atoms with Crippen molar-refractivity contribution in [2.75, 3.05) is 28.9 Å². The SMILES string of the molecule is CCS(=O)(=O)Nc1ccc(NC(=O)NC2CCN(Cc3ccccc3)C2)cc1C. The van der Waals surface area contributed by atoms with Gasteiger partial charge in [-0.2, -0.15) is 0 Å². The molecule has 3 N–H and O–H groups in total. The Hall–Kier alpha value is -2.58. The second-order valence-electron chi connectivity index (χ2n) is 7.34. The van der Waals surface area contributed by atoms with Gasteiger partial charge in [-0.25, -0.2) is 13.2 Å². The first-order valence-electron chi connectivity index (χ1n) is 9.79. The Balaban J connectivity index is 1.50. The molecule has 2 amide bonds. The number of urea groups is 1. The average molecular weight is 417 g/mol. The fourth-order valence-electron chi connectivity index (χ4n) is 3.38. The van der Waals surface area contributed by atoms with E-state index < -0.39 is 10.0 Å². The zero-order valence-electron chi connectivity index (χ0n) is 16.8. The smallest absolute Gasteiger partial charge is 0.319 e. The predicted octanol–water partition coefficient (Wildman–Crippen LogP) is 3.15. The van der Waals surface area contributed by atoms with Gasteiger partial charge in [0.1, 0.15) is 0 Å². The summed E-state index contributed by atoms with van der Waals surface area (Å²) >= 11 is 0. The molecule has 29 heavy (non-hydrogen) atoms. The van der Waals surface area contributed by atoms with Crippen LogP contribution in [0.5, 0.6) is 0 Å². The molecule has 0 spiro atoms. The first-order valence-corrected chi connectivity index (χ1v) is 11.4. The molecule has 1 atom stereocenters.